The molecule has 0 amide bonds. The molecule has 0 radical (unpaired) electrons. The molecule has 11 aromatic rings. The predicted molar refractivity (Wildman–Crippen MR) is 229 cm³/mol. The van der Waals surface area contributed by atoms with Crippen LogP contribution in [0, 0.1) is 0 Å². The summed E-state index contributed by atoms with van der Waals surface area (Å²) in [6.07, 6.45) is 9.33. The topological polar surface area (TPSA) is 84.8 Å². The Bertz CT molecular complexity index is 3120. The van der Waals surface area contributed by atoms with Crippen molar-refractivity contribution >= 4 is 43.6 Å². The molecule has 0 N–H and O–H groups in total. The summed E-state index contributed by atoms with van der Waals surface area (Å²) in [4.78, 5) is 19.0. The van der Waals surface area contributed by atoms with E-state index in [1.807, 2.05) is 121 Å². The van der Waals surface area contributed by atoms with Gasteiger partial charge in [-0.3, -0.25) is 9.13 Å². The molecule has 0 aliphatic rings. The van der Waals surface area contributed by atoms with Gasteiger partial charge in [0, 0.05) is 88.9 Å². The van der Waals surface area contributed by atoms with E-state index < -0.39 is 0 Å². The lowest BCUT2D eigenvalue weighted by atomic mass is 10.1. The molecule has 6 aromatic heterocycles. The molecule has 58 heavy (non-hydrogen) atoms. The zero-order chi connectivity index (χ0) is 38.6. The van der Waals surface area contributed by atoms with Crippen molar-refractivity contribution in [3.63, 3.8) is 0 Å². The first-order valence-electron chi connectivity index (χ1n) is 19.0. The quantitative estimate of drug-likeness (QED) is 0.154. The predicted octanol–water partition coefficient (Wildman–Crippen LogP) is 11.7. The number of fused-ring (bicyclic) bond motifs is 6. The highest BCUT2D eigenvalue weighted by Crippen LogP contribution is 2.39. The van der Waals surface area contributed by atoms with E-state index in [4.69, 9.17) is 29.4 Å². The normalized spacial score (nSPS) is 11.5. The molecule has 0 saturated heterocycles. The van der Waals surface area contributed by atoms with Crippen molar-refractivity contribution in [1.82, 2.24) is 33.6 Å². The Hall–Kier alpha value is -8.04. The fourth-order valence-corrected chi connectivity index (χ4v) is 7.95. The third kappa shape index (κ3) is 5.72. The molecule has 276 valence electrons. The molecular formula is C49H33N7O2. The highest BCUT2D eigenvalue weighted by molar-refractivity contribution is 6.10. The van der Waals surface area contributed by atoms with Crippen molar-refractivity contribution in [2.24, 2.45) is 7.05 Å². The van der Waals surface area contributed by atoms with Gasteiger partial charge >= 0.3 is 0 Å². The van der Waals surface area contributed by atoms with Gasteiger partial charge in [0.15, 0.2) is 5.82 Å². The molecule has 11 rings (SSSR count). The van der Waals surface area contributed by atoms with Gasteiger partial charge in [-0.25, -0.2) is 19.9 Å². The summed E-state index contributed by atoms with van der Waals surface area (Å²) in [5.41, 5.74) is 6.82. The molecule has 0 unspecified atom stereocenters. The summed E-state index contributed by atoms with van der Waals surface area (Å²) in [6, 6.07) is 50.8. The molecule has 0 bridgehead atoms. The van der Waals surface area contributed by atoms with Gasteiger partial charge in [-0.1, -0.05) is 48.5 Å². The second-order valence-corrected chi connectivity index (χ2v) is 14.1. The number of ether oxygens (including phenoxy) is 2. The van der Waals surface area contributed by atoms with Gasteiger partial charge in [-0.05, 0) is 84.9 Å². The van der Waals surface area contributed by atoms with Crippen LogP contribution in [0.25, 0.3) is 77.9 Å². The van der Waals surface area contributed by atoms with E-state index in [9.17, 15) is 0 Å². The van der Waals surface area contributed by atoms with Crippen molar-refractivity contribution in [3.8, 4) is 57.3 Å². The highest BCUT2D eigenvalue weighted by Gasteiger charge is 2.17. The van der Waals surface area contributed by atoms with Gasteiger partial charge in [-0.15, -0.1) is 0 Å². The largest absolute Gasteiger partial charge is 0.457 e. The first kappa shape index (κ1) is 33.3. The number of hydrogen-bond acceptors (Lipinski definition) is 6. The second-order valence-electron chi connectivity index (χ2n) is 14.1. The Morgan fingerprint density at radius 1 is 0.414 bits per heavy atom. The van der Waals surface area contributed by atoms with Crippen LogP contribution in [0.1, 0.15) is 0 Å². The van der Waals surface area contributed by atoms with Gasteiger partial charge in [0.25, 0.3) is 0 Å². The minimum atomic E-state index is 0.546. The number of hydrogen-bond donors (Lipinski definition) is 0. The van der Waals surface area contributed by atoms with E-state index in [0.717, 1.165) is 72.1 Å². The van der Waals surface area contributed by atoms with E-state index in [-0.39, 0.29) is 0 Å². The summed E-state index contributed by atoms with van der Waals surface area (Å²) in [6.45, 7) is 0. The van der Waals surface area contributed by atoms with Crippen molar-refractivity contribution in [1.29, 1.82) is 0 Å². The van der Waals surface area contributed by atoms with Crippen LogP contribution in [0.4, 0.5) is 0 Å². The Labute approximate surface area is 332 Å². The standard InChI is InChI=1S/C49H33N7O2/c1-54-24-10-15-42(54)33-30-52-49(53-31-33)32-25-36(57-34-18-20-40-38-11-2-4-13-43(38)55(45(40)28-34)47-16-6-8-22-50-47)27-37(26-32)58-35-19-21-41-39-12-3-5-14-44(39)56(46(41)29-35)48-17-7-9-23-51-48/h2-31H,1H3. The van der Waals surface area contributed by atoms with Gasteiger partial charge in [0.2, 0.25) is 0 Å². The minimum Gasteiger partial charge on any atom is -0.457 e. The van der Waals surface area contributed by atoms with Crippen LogP contribution in [0.5, 0.6) is 23.0 Å². The first-order chi connectivity index (χ1) is 28.6. The van der Waals surface area contributed by atoms with Crippen LogP contribution in [-0.2, 0) is 7.05 Å². The Balaban J connectivity index is 1.02. The molecule has 0 fully saturated rings. The summed E-state index contributed by atoms with van der Waals surface area (Å²) in [5, 5.41) is 4.50. The molecule has 0 aliphatic heterocycles. The first-order valence-corrected chi connectivity index (χ1v) is 19.0. The Kier molecular flexibility index (Phi) is 7.82. The van der Waals surface area contributed by atoms with Gasteiger partial charge in [-0.2, -0.15) is 0 Å². The number of rotatable bonds is 8. The van der Waals surface area contributed by atoms with E-state index in [2.05, 4.69) is 81.9 Å². The summed E-state index contributed by atoms with van der Waals surface area (Å²) >= 11 is 0. The molecule has 9 heteroatoms. The summed E-state index contributed by atoms with van der Waals surface area (Å²) in [5.74, 6) is 4.69. The third-order valence-electron chi connectivity index (χ3n) is 10.5. The molecule has 6 heterocycles. The van der Waals surface area contributed by atoms with Crippen molar-refractivity contribution < 1.29 is 9.47 Å². The molecule has 9 nitrogen and oxygen atoms in total. The minimum absolute atomic E-state index is 0.546. The second kappa shape index (κ2) is 13.6. The van der Waals surface area contributed by atoms with Crippen molar-refractivity contribution in [2.45, 2.75) is 0 Å². The molecular weight excluding hydrogens is 719 g/mol. The molecule has 5 aromatic carbocycles. The van der Waals surface area contributed by atoms with E-state index in [0.29, 0.717) is 28.8 Å². The molecule has 0 aliphatic carbocycles. The maximum atomic E-state index is 6.71. The van der Waals surface area contributed by atoms with Crippen LogP contribution in [0.2, 0.25) is 0 Å². The monoisotopic (exact) mass is 751 g/mol. The number of para-hydroxylation sites is 2. The van der Waals surface area contributed by atoms with E-state index in [1.54, 1.807) is 0 Å². The lowest BCUT2D eigenvalue weighted by molar-refractivity contribution is 0.461. The zero-order valence-electron chi connectivity index (χ0n) is 31.3. The van der Waals surface area contributed by atoms with Gasteiger partial charge < -0.3 is 14.0 Å². The fourth-order valence-electron chi connectivity index (χ4n) is 7.95. The summed E-state index contributed by atoms with van der Waals surface area (Å²) in [7, 11) is 2.01. The van der Waals surface area contributed by atoms with Crippen molar-refractivity contribution in [2.75, 3.05) is 0 Å². The van der Waals surface area contributed by atoms with Crippen LogP contribution < -0.4 is 9.47 Å². The van der Waals surface area contributed by atoms with Crippen LogP contribution >= 0.6 is 0 Å². The number of aryl methyl sites for hydroxylation is 1. The average Bonchev–Trinajstić information content (AvgIpc) is 3.95. The van der Waals surface area contributed by atoms with Crippen LogP contribution in [0.15, 0.2) is 183 Å². The van der Waals surface area contributed by atoms with Crippen molar-refractivity contribution in [3.05, 3.63) is 183 Å². The van der Waals surface area contributed by atoms with Crippen LogP contribution in [-0.4, -0.2) is 33.6 Å². The van der Waals surface area contributed by atoms with E-state index >= 15 is 0 Å². The average molecular weight is 752 g/mol. The lowest BCUT2D eigenvalue weighted by Gasteiger charge is -2.13. The lowest BCUT2D eigenvalue weighted by Crippen LogP contribution is -1.97. The highest BCUT2D eigenvalue weighted by atomic mass is 16.5. The van der Waals surface area contributed by atoms with Crippen LogP contribution in [0.3, 0.4) is 0 Å². The maximum absolute atomic E-state index is 6.71. The van der Waals surface area contributed by atoms with Gasteiger partial charge in [0.1, 0.15) is 34.6 Å². The molecule has 0 atom stereocenters. The Morgan fingerprint density at radius 3 is 1.43 bits per heavy atom. The fraction of sp³-hybridized carbons (Fsp3) is 0.0204. The maximum Gasteiger partial charge on any atom is 0.159 e. The third-order valence-corrected chi connectivity index (χ3v) is 10.5. The number of benzene rings is 5. The Morgan fingerprint density at radius 2 is 0.931 bits per heavy atom. The smallest absolute Gasteiger partial charge is 0.159 e. The number of aromatic nitrogens is 7. The molecule has 0 spiro atoms. The molecule has 0 saturated carbocycles. The SMILES string of the molecule is Cn1cccc1-c1cnc(-c2cc(Oc3ccc4c5ccccc5n(-c5ccccn5)c4c3)cc(Oc3ccc4c5ccccc5n(-c5ccccn5)c4c3)c2)nc1. The summed E-state index contributed by atoms with van der Waals surface area (Å²) < 4.78 is 19.8. The van der Waals surface area contributed by atoms with E-state index in [1.165, 1.54) is 0 Å². The number of pyridine rings is 2. The number of nitrogens with zero attached hydrogens (tertiary/aromatic N) is 7. The van der Waals surface area contributed by atoms with Gasteiger partial charge in [0.05, 0.1) is 27.8 Å². The zero-order valence-corrected chi connectivity index (χ0v) is 31.3.